The van der Waals surface area contributed by atoms with Gasteiger partial charge in [0.2, 0.25) is 0 Å². The van der Waals surface area contributed by atoms with Crippen LogP contribution in [0.5, 0.6) is 0 Å². The van der Waals surface area contributed by atoms with Crippen LogP contribution in [0.3, 0.4) is 0 Å². The van der Waals surface area contributed by atoms with Gasteiger partial charge in [-0.2, -0.15) is 0 Å². The largest absolute Gasteiger partial charge is 0.207 e. The molecule has 1 aromatic carbocycles. The van der Waals surface area contributed by atoms with E-state index in [-0.39, 0.29) is 10.6 Å². The fourth-order valence-electron chi connectivity index (χ4n) is 2.26. The Bertz CT molecular complexity index is 357. The first-order valence-electron chi connectivity index (χ1n) is 5.31. The van der Waals surface area contributed by atoms with E-state index in [1.54, 1.807) is 0 Å². The average molecular weight is 231 g/mol. The van der Waals surface area contributed by atoms with Crippen molar-refractivity contribution in [3.63, 3.8) is 0 Å². The molecule has 0 N–H and O–H groups in total. The molecule has 15 heavy (non-hydrogen) atoms. The van der Waals surface area contributed by atoms with Crippen molar-refractivity contribution in [3.05, 3.63) is 34.4 Å². The molecule has 0 aromatic heterocycles. The van der Waals surface area contributed by atoms with Crippen LogP contribution in [0, 0.1) is 17.6 Å². The Labute approximate surface area is 93.2 Å². The van der Waals surface area contributed by atoms with E-state index in [1.165, 1.54) is 25.0 Å². The van der Waals surface area contributed by atoms with Crippen LogP contribution in [0.15, 0.2) is 12.1 Å². The molecule has 0 spiro atoms. The molecule has 0 heterocycles. The third kappa shape index (κ3) is 2.31. The zero-order chi connectivity index (χ0) is 10.8. The molecule has 1 saturated carbocycles. The number of halogens is 3. The second-order valence-corrected chi connectivity index (χ2v) is 4.58. The van der Waals surface area contributed by atoms with Crippen LogP contribution in [0.25, 0.3) is 0 Å². The lowest BCUT2D eigenvalue weighted by Crippen LogP contribution is -2.04. The van der Waals surface area contributed by atoms with E-state index in [9.17, 15) is 8.78 Å². The topological polar surface area (TPSA) is 0 Å². The highest BCUT2D eigenvalue weighted by molar-refractivity contribution is 6.30. The second kappa shape index (κ2) is 4.48. The fourth-order valence-corrected chi connectivity index (χ4v) is 2.44. The van der Waals surface area contributed by atoms with Crippen LogP contribution in [-0.2, 0) is 6.42 Å². The Balaban J connectivity index is 2.22. The molecule has 2 rings (SSSR count). The minimum Gasteiger partial charge on any atom is -0.207 e. The first-order chi connectivity index (χ1) is 7.18. The lowest BCUT2D eigenvalue weighted by atomic mass is 9.97. The minimum absolute atomic E-state index is 0.0180. The van der Waals surface area contributed by atoms with Gasteiger partial charge < -0.3 is 0 Å². The molecule has 82 valence electrons. The van der Waals surface area contributed by atoms with Gasteiger partial charge in [0.25, 0.3) is 0 Å². The van der Waals surface area contributed by atoms with E-state index in [2.05, 4.69) is 0 Å². The van der Waals surface area contributed by atoms with Gasteiger partial charge in [-0.3, -0.25) is 0 Å². The molecule has 0 radical (unpaired) electrons. The van der Waals surface area contributed by atoms with Crippen molar-refractivity contribution in [2.75, 3.05) is 0 Å². The van der Waals surface area contributed by atoms with E-state index >= 15 is 0 Å². The zero-order valence-electron chi connectivity index (χ0n) is 8.40. The molecule has 1 aliphatic carbocycles. The number of hydrogen-bond acceptors (Lipinski definition) is 0. The highest BCUT2D eigenvalue weighted by Gasteiger charge is 2.20. The number of hydrogen-bond donors (Lipinski definition) is 0. The summed E-state index contributed by atoms with van der Waals surface area (Å²) in [5, 5.41) is 0.0180. The van der Waals surface area contributed by atoms with Crippen LogP contribution in [0.1, 0.15) is 31.2 Å². The SMILES string of the molecule is Fc1ccc(Cl)c(F)c1CC1CCCC1. The van der Waals surface area contributed by atoms with Crippen LogP contribution in [0.4, 0.5) is 8.78 Å². The Kier molecular flexibility index (Phi) is 3.25. The van der Waals surface area contributed by atoms with E-state index in [4.69, 9.17) is 11.6 Å². The quantitative estimate of drug-likeness (QED) is 0.663. The predicted octanol–water partition coefficient (Wildman–Crippen LogP) is 4.35. The van der Waals surface area contributed by atoms with Crippen molar-refractivity contribution in [3.8, 4) is 0 Å². The maximum absolute atomic E-state index is 13.5. The van der Waals surface area contributed by atoms with Crippen LogP contribution < -0.4 is 0 Å². The molecule has 0 nitrogen and oxygen atoms in total. The molecule has 1 aliphatic rings. The van der Waals surface area contributed by atoms with Crippen molar-refractivity contribution in [1.82, 2.24) is 0 Å². The Morgan fingerprint density at radius 3 is 2.53 bits per heavy atom. The maximum atomic E-state index is 13.5. The molecule has 0 saturated heterocycles. The summed E-state index contributed by atoms with van der Waals surface area (Å²) < 4.78 is 26.9. The summed E-state index contributed by atoms with van der Waals surface area (Å²) in [5.74, 6) is -0.625. The highest BCUT2D eigenvalue weighted by atomic mass is 35.5. The average Bonchev–Trinajstić information content (AvgIpc) is 2.71. The van der Waals surface area contributed by atoms with Crippen molar-refractivity contribution in [2.24, 2.45) is 5.92 Å². The first kappa shape index (κ1) is 10.9. The summed E-state index contributed by atoms with van der Waals surface area (Å²) in [7, 11) is 0. The van der Waals surface area contributed by atoms with Gasteiger partial charge in [-0.05, 0) is 24.5 Å². The first-order valence-corrected chi connectivity index (χ1v) is 5.68. The Hall–Kier alpha value is -0.630. The van der Waals surface area contributed by atoms with Crippen LogP contribution >= 0.6 is 11.6 Å². The van der Waals surface area contributed by atoms with Gasteiger partial charge in [0.15, 0.2) is 0 Å². The summed E-state index contributed by atoms with van der Waals surface area (Å²) in [6.45, 7) is 0. The summed E-state index contributed by atoms with van der Waals surface area (Å²) in [5.41, 5.74) is 0.161. The molecule has 0 unspecified atom stereocenters. The molecule has 1 aromatic rings. The molecule has 0 amide bonds. The van der Waals surface area contributed by atoms with Crippen LogP contribution in [-0.4, -0.2) is 0 Å². The van der Waals surface area contributed by atoms with E-state index in [0.717, 1.165) is 12.8 Å². The van der Waals surface area contributed by atoms with Crippen molar-refractivity contribution < 1.29 is 8.78 Å². The maximum Gasteiger partial charge on any atom is 0.147 e. The number of rotatable bonds is 2. The highest BCUT2D eigenvalue weighted by Crippen LogP contribution is 2.31. The van der Waals surface area contributed by atoms with Crippen molar-refractivity contribution >= 4 is 11.6 Å². The van der Waals surface area contributed by atoms with Gasteiger partial charge in [0.05, 0.1) is 5.02 Å². The van der Waals surface area contributed by atoms with Crippen molar-refractivity contribution in [1.29, 1.82) is 0 Å². The van der Waals surface area contributed by atoms with E-state index in [1.807, 2.05) is 0 Å². The second-order valence-electron chi connectivity index (χ2n) is 4.18. The lowest BCUT2D eigenvalue weighted by Gasteiger charge is -2.11. The zero-order valence-corrected chi connectivity index (χ0v) is 9.16. The number of benzene rings is 1. The monoisotopic (exact) mass is 230 g/mol. The minimum atomic E-state index is -0.580. The van der Waals surface area contributed by atoms with Gasteiger partial charge in [-0.25, -0.2) is 8.78 Å². The molecule has 0 bridgehead atoms. The van der Waals surface area contributed by atoms with Gasteiger partial charge in [0.1, 0.15) is 11.6 Å². The molecule has 3 heteroatoms. The van der Waals surface area contributed by atoms with Gasteiger partial charge in [0, 0.05) is 5.56 Å². The summed E-state index contributed by atoms with van der Waals surface area (Å²) in [6.07, 6.45) is 4.98. The third-order valence-electron chi connectivity index (χ3n) is 3.11. The predicted molar refractivity (Wildman–Crippen MR) is 57.0 cm³/mol. The Morgan fingerprint density at radius 1 is 1.20 bits per heavy atom. The van der Waals surface area contributed by atoms with Gasteiger partial charge in [-0.15, -0.1) is 0 Å². The smallest absolute Gasteiger partial charge is 0.147 e. The van der Waals surface area contributed by atoms with E-state index < -0.39 is 11.6 Å². The molecule has 0 aliphatic heterocycles. The summed E-state index contributed by atoms with van der Waals surface area (Å²) >= 11 is 5.63. The molecular weight excluding hydrogens is 218 g/mol. The molecule has 0 atom stereocenters. The van der Waals surface area contributed by atoms with Crippen LogP contribution in [0.2, 0.25) is 5.02 Å². The Morgan fingerprint density at radius 2 is 1.87 bits per heavy atom. The van der Waals surface area contributed by atoms with E-state index in [0.29, 0.717) is 12.3 Å². The van der Waals surface area contributed by atoms with Crippen molar-refractivity contribution in [2.45, 2.75) is 32.1 Å². The van der Waals surface area contributed by atoms with Gasteiger partial charge in [-0.1, -0.05) is 37.3 Å². The molecule has 1 fully saturated rings. The summed E-state index contributed by atoms with van der Waals surface area (Å²) in [6, 6.07) is 2.51. The summed E-state index contributed by atoms with van der Waals surface area (Å²) in [4.78, 5) is 0. The standard InChI is InChI=1S/C12H13ClF2/c13-10-5-6-11(14)9(12(10)15)7-8-3-1-2-4-8/h5-6,8H,1-4,7H2. The lowest BCUT2D eigenvalue weighted by molar-refractivity contribution is 0.491. The third-order valence-corrected chi connectivity index (χ3v) is 3.40. The van der Waals surface area contributed by atoms with Gasteiger partial charge >= 0.3 is 0 Å². The fraction of sp³-hybridized carbons (Fsp3) is 0.500. The molecular formula is C12H13ClF2. The normalized spacial score (nSPS) is 17.3.